The molecule has 0 saturated carbocycles. The third kappa shape index (κ3) is 7.45. The number of hydrogen-bond acceptors (Lipinski definition) is 2. The molecule has 0 fully saturated rings. The zero-order valence-electron chi connectivity index (χ0n) is 36.9. The molecule has 0 radical (unpaired) electrons. The van der Waals surface area contributed by atoms with Crippen molar-refractivity contribution in [1.29, 1.82) is 0 Å². The molecule has 0 N–H and O–H groups in total. The van der Waals surface area contributed by atoms with Crippen molar-refractivity contribution in [2.75, 3.05) is 0 Å². The average molecular weight is 853 g/mol. The van der Waals surface area contributed by atoms with Crippen LogP contribution in [0.2, 0.25) is 0 Å². The van der Waals surface area contributed by atoms with Gasteiger partial charge in [0, 0.05) is 22.6 Å². The lowest BCUT2D eigenvalue weighted by molar-refractivity contribution is 1.09. The van der Waals surface area contributed by atoms with Crippen LogP contribution in [0.15, 0.2) is 255 Å². The van der Waals surface area contributed by atoms with Gasteiger partial charge in [-0.15, -0.1) is 0 Å². The van der Waals surface area contributed by atoms with E-state index in [1.807, 2.05) is 0 Å². The monoisotopic (exact) mass is 852 g/mol. The number of nitrogens with zero attached hydrogens (tertiary/aromatic N) is 2. The number of aromatic nitrogens is 2. The highest BCUT2D eigenvalue weighted by molar-refractivity contribution is 6.07. The summed E-state index contributed by atoms with van der Waals surface area (Å²) in [6.07, 6.45) is 2.42. The van der Waals surface area contributed by atoms with E-state index < -0.39 is 0 Å². The number of rotatable bonds is 8. The predicted molar refractivity (Wildman–Crippen MR) is 281 cm³/mol. The van der Waals surface area contributed by atoms with Crippen molar-refractivity contribution in [2.45, 2.75) is 5.92 Å². The first-order valence-electron chi connectivity index (χ1n) is 22.9. The first-order chi connectivity index (χ1) is 33.1. The fourth-order valence-corrected chi connectivity index (χ4v) is 9.97. The number of benzene rings is 10. The van der Waals surface area contributed by atoms with Gasteiger partial charge in [-0.1, -0.05) is 237 Å². The second-order valence-electron chi connectivity index (χ2n) is 17.3. The summed E-state index contributed by atoms with van der Waals surface area (Å²) in [5, 5.41) is 4.79. The molecule has 12 rings (SSSR count). The van der Waals surface area contributed by atoms with E-state index in [0.717, 1.165) is 61.3 Å². The molecular weight excluding hydrogens is 809 g/mol. The first kappa shape index (κ1) is 39.8. The molecule has 0 aliphatic heterocycles. The zero-order valence-corrected chi connectivity index (χ0v) is 36.9. The van der Waals surface area contributed by atoms with Crippen LogP contribution in [0.3, 0.4) is 0 Å². The maximum absolute atomic E-state index is 5.37. The molecule has 2 nitrogen and oxygen atoms in total. The molecule has 1 unspecified atom stereocenters. The molecule has 0 amide bonds. The van der Waals surface area contributed by atoms with Crippen molar-refractivity contribution < 1.29 is 0 Å². The van der Waals surface area contributed by atoms with Crippen molar-refractivity contribution in [3.8, 4) is 67.3 Å². The highest BCUT2D eigenvalue weighted by Gasteiger charge is 2.27. The summed E-state index contributed by atoms with van der Waals surface area (Å²) in [6, 6.07) is 86.7. The Bertz CT molecular complexity index is 3580. The van der Waals surface area contributed by atoms with E-state index >= 15 is 0 Å². The molecule has 2 heteroatoms. The lowest BCUT2D eigenvalue weighted by Crippen LogP contribution is -2.09. The average Bonchev–Trinajstić information content (AvgIpc) is 3.41. The summed E-state index contributed by atoms with van der Waals surface area (Å²) < 4.78 is 0. The van der Waals surface area contributed by atoms with E-state index in [0.29, 0.717) is 5.82 Å². The highest BCUT2D eigenvalue weighted by Crippen LogP contribution is 2.47. The summed E-state index contributed by atoms with van der Waals surface area (Å²) in [4.78, 5) is 10.7. The second kappa shape index (κ2) is 17.0. The van der Waals surface area contributed by atoms with Gasteiger partial charge in [-0.05, 0) is 107 Å². The van der Waals surface area contributed by atoms with E-state index in [1.54, 1.807) is 0 Å². The molecule has 67 heavy (non-hydrogen) atoms. The normalized spacial score (nSPS) is 13.3. The van der Waals surface area contributed by atoms with Crippen LogP contribution in [0.5, 0.6) is 0 Å². The van der Waals surface area contributed by atoms with Gasteiger partial charge in [-0.3, -0.25) is 0 Å². The number of allylic oxidation sites excluding steroid dienone is 2. The molecular formula is C65H44N2. The molecule has 0 saturated heterocycles. The van der Waals surface area contributed by atoms with Gasteiger partial charge in [-0.2, -0.15) is 0 Å². The molecule has 0 spiro atoms. The van der Waals surface area contributed by atoms with Gasteiger partial charge >= 0.3 is 0 Å². The van der Waals surface area contributed by atoms with Gasteiger partial charge in [0.2, 0.25) is 0 Å². The third-order valence-corrected chi connectivity index (χ3v) is 13.3. The molecule has 1 atom stereocenters. The predicted octanol–water partition coefficient (Wildman–Crippen LogP) is 17.0. The van der Waals surface area contributed by atoms with Crippen LogP contribution in [0.1, 0.15) is 28.2 Å². The van der Waals surface area contributed by atoms with Gasteiger partial charge in [0.25, 0.3) is 0 Å². The molecule has 11 aromatic rings. The van der Waals surface area contributed by atoms with Crippen LogP contribution in [0, 0.1) is 0 Å². The third-order valence-electron chi connectivity index (χ3n) is 13.3. The van der Waals surface area contributed by atoms with E-state index in [-0.39, 0.29) is 5.92 Å². The minimum Gasteiger partial charge on any atom is -0.228 e. The van der Waals surface area contributed by atoms with Crippen molar-refractivity contribution in [2.24, 2.45) is 0 Å². The van der Waals surface area contributed by atoms with Crippen LogP contribution in [0.25, 0.3) is 100.0 Å². The lowest BCUT2D eigenvalue weighted by atomic mass is 9.75. The van der Waals surface area contributed by atoms with E-state index in [9.17, 15) is 0 Å². The van der Waals surface area contributed by atoms with Crippen molar-refractivity contribution in [3.05, 3.63) is 278 Å². The zero-order chi connectivity index (χ0) is 44.7. The molecule has 0 bridgehead atoms. The van der Waals surface area contributed by atoms with Crippen molar-refractivity contribution in [1.82, 2.24) is 9.97 Å². The lowest BCUT2D eigenvalue weighted by Gasteiger charge is -2.29. The number of fused-ring (bicyclic) bond motifs is 4. The van der Waals surface area contributed by atoms with Crippen LogP contribution >= 0.6 is 0 Å². The van der Waals surface area contributed by atoms with Gasteiger partial charge < -0.3 is 0 Å². The Morgan fingerprint density at radius 2 is 0.836 bits per heavy atom. The van der Waals surface area contributed by atoms with Crippen molar-refractivity contribution in [3.63, 3.8) is 0 Å². The SMILES string of the molecule is C=C1c2ccc3ccccc3c2C(c2ccccc2)=CC1c1ccc(-c2ccc(-c3cc(-c4cccc(-c5ccccc5)c4)nc(-c4cccc(-c5ccccc5)c4)n3)c3ccccc23)cc1. The van der Waals surface area contributed by atoms with E-state index in [2.05, 4.69) is 249 Å². The van der Waals surface area contributed by atoms with Gasteiger partial charge in [0.05, 0.1) is 11.4 Å². The molecule has 1 aliphatic rings. The fourth-order valence-electron chi connectivity index (χ4n) is 9.97. The quantitative estimate of drug-likeness (QED) is 0.152. The van der Waals surface area contributed by atoms with Gasteiger partial charge in [0.15, 0.2) is 5.82 Å². The molecule has 1 aromatic heterocycles. The minimum atomic E-state index is 0.0277. The molecule has 1 heterocycles. The van der Waals surface area contributed by atoms with Gasteiger partial charge in [-0.25, -0.2) is 9.97 Å². The largest absolute Gasteiger partial charge is 0.228 e. The Labute approximate surface area is 391 Å². The Balaban J connectivity index is 0.950. The summed E-state index contributed by atoms with van der Waals surface area (Å²) in [6.45, 7) is 4.74. The van der Waals surface area contributed by atoms with E-state index in [1.165, 1.54) is 55.1 Å². The van der Waals surface area contributed by atoms with Crippen LogP contribution in [-0.2, 0) is 0 Å². The minimum absolute atomic E-state index is 0.0277. The first-order valence-corrected chi connectivity index (χ1v) is 22.9. The van der Waals surface area contributed by atoms with Gasteiger partial charge in [0.1, 0.15) is 0 Å². The molecule has 1 aliphatic carbocycles. The van der Waals surface area contributed by atoms with Crippen LogP contribution < -0.4 is 0 Å². The standard InChI is InChI=1S/C65H44N2/c1-43-54-36-35-47-23-11-12-28-56(47)64(54)61(46-21-9-4-10-22-46)41-60(43)49-33-31-48(32-34-49)55-37-38-59(58-30-14-13-29-57(55)58)63-42-62(52-26-15-24-50(39-52)44-17-5-2-6-18-44)66-65(67-63)53-27-16-25-51(40-53)45-19-7-3-8-20-45/h2-42,60H,1H2. The maximum atomic E-state index is 5.37. The summed E-state index contributed by atoms with van der Waals surface area (Å²) in [5.41, 5.74) is 19.0. The Morgan fingerprint density at radius 3 is 1.52 bits per heavy atom. The fraction of sp³-hybridized carbons (Fsp3) is 0.0154. The maximum Gasteiger partial charge on any atom is 0.160 e. The smallest absolute Gasteiger partial charge is 0.160 e. The molecule has 314 valence electrons. The number of hydrogen-bond donors (Lipinski definition) is 0. The highest BCUT2D eigenvalue weighted by atomic mass is 14.9. The summed E-state index contributed by atoms with van der Waals surface area (Å²) >= 11 is 0. The van der Waals surface area contributed by atoms with Crippen LogP contribution in [0.4, 0.5) is 0 Å². The van der Waals surface area contributed by atoms with E-state index in [4.69, 9.17) is 16.5 Å². The summed E-state index contributed by atoms with van der Waals surface area (Å²) in [7, 11) is 0. The Kier molecular flexibility index (Phi) is 10.1. The molecule has 10 aromatic carbocycles. The van der Waals surface area contributed by atoms with Crippen LogP contribution in [-0.4, -0.2) is 9.97 Å². The topological polar surface area (TPSA) is 25.8 Å². The second-order valence-corrected chi connectivity index (χ2v) is 17.3. The Hall–Kier alpha value is -8.72. The Morgan fingerprint density at radius 1 is 0.328 bits per heavy atom. The van der Waals surface area contributed by atoms with Crippen molar-refractivity contribution >= 4 is 32.7 Å². The summed E-state index contributed by atoms with van der Waals surface area (Å²) in [5.74, 6) is 0.712.